The fraction of sp³-hybridized carbons (Fsp3) is 0.625. The largest absolute Gasteiger partial charge is 0.415 e. The highest BCUT2D eigenvalue weighted by Crippen LogP contribution is 2.62. The van der Waals surface area contributed by atoms with Gasteiger partial charge in [0, 0.05) is 25.5 Å². The summed E-state index contributed by atoms with van der Waals surface area (Å²) in [5.74, 6) is 3.68. The van der Waals surface area contributed by atoms with Crippen LogP contribution in [-0.4, -0.2) is 40.3 Å². The van der Waals surface area contributed by atoms with Gasteiger partial charge in [-0.05, 0) is 121 Å². The molecule has 4 aliphatic rings. The number of amides is 1. The van der Waals surface area contributed by atoms with Crippen molar-refractivity contribution in [2.24, 2.45) is 23.2 Å². The number of nitrogens with zero attached hydrogens (tertiary/aromatic N) is 2. The number of pyridine rings is 1. The van der Waals surface area contributed by atoms with Crippen LogP contribution in [0.2, 0.25) is 0 Å². The molecule has 6 atom stereocenters. The molecule has 2 saturated carbocycles. The lowest BCUT2D eigenvalue weighted by atomic mass is 9.52. The summed E-state index contributed by atoms with van der Waals surface area (Å²) in [6.07, 6.45) is 13.2. The normalized spacial score (nSPS) is 33.4. The summed E-state index contributed by atoms with van der Waals surface area (Å²) in [6.45, 7) is 6.11. The number of ether oxygens (including phenoxy) is 1. The number of hydrogen-bond donors (Lipinski definition) is 1. The zero-order valence-electron chi connectivity index (χ0n) is 22.4. The zero-order valence-corrected chi connectivity index (χ0v) is 22.4. The Morgan fingerprint density at radius 1 is 1.11 bits per heavy atom. The molecule has 1 N–H and O–H groups in total. The van der Waals surface area contributed by atoms with E-state index in [1.807, 2.05) is 23.4 Å². The Kier molecular flexibility index (Phi) is 6.77. The van der Waals surface area contributed by atoms with Crippen LogP contribution in [0.15, 0.2) is 42.7 Å². The fourth-order valence-corrected chi connectivity index (χ4v) is 8.65. The Balaban J connectivity index is 1.15. The number of carbonyl (C=O) groups excluding carboxylic acids is 1. The Labute approximate surface area is 221 Å². The first-order valence-electron chi connectivity index (χ1n) is 14.7. The Morgan fingerprint density at radius 3 is 2.65 bits per heavy atom. The number of benzene rings is 1. The maximum absolute atomic E-state index is 13.0. The molecule has 1 aromatic heterocycles. The molecule has 2 heterocycles. The third-order valence-corrected chi connectivity index (χ3v) is 10.6. The van der Waals surface area contributed by atoms with Gasteiger partial charge in [0.1, 0.15) is 5.75 Å². The smallest absolute Gasteiger partial charge is 0.410 e. The molecule has 0 spiro atoms. The topological polar surface area (TPSA) is 62.7 Å². The van der Waals surface area contributed by atoms with E-state index < -0.39 is 0 Å². The van der Waals surface area contributed by atoms with Crippen LogP contribution >= 0.6 is 0 Å². The molecule has 1 saturated heterocycles. The van der Waals surface area contributed by atoms with Crippen molar-refractivity contribution in [2.75, 3.05) is 13.1 Å². The molecule has 3 aliphatic carbocycles. The van der Waals surface area contributed by atoms with Crippen molar-refractivity contribution in [3.8, 4) is 5.75 Å². The van der Waals surface area contributed by atoms with E-state index in [2.05, 4.69) is 43.1 Å². The molecule has 3 fully saturated rings. The number of fused-ring (bicyclic) bond motifs is 5. The second-order valence-corrected chi connectivity index (χ2v) is 12.5. The van der Waals surface area contributed by atoms with Crippen molar-refractivity contribution < 1.29 is 14.6 Å². The molecule has 5 nitrogen and oxygen atoms in total. The van der Waals surface area contributed by atoms with E-state index in [0.29, 0.717) is 35.3 Å². The van der Waals surface area contributed by atoms with Crippen LogP contribution < -0.4 is 4.74 Å². The van der Waals surface area contributed by atoms with Gasteiger partial charge in [-0.3, -0.25) is 4.98 Å². The molecule has 5 heteroatoms. The van der Waals surface area contributed by atoms with Crippen molar-refractivity contribution >= 4 is 6.09 Å². The van der Waals surface area contributed by atoms with Crippen LogP contribution in [0.5, 0.6) is 5.75 Å². The second-order valence-electron chi connectivity index (χ2n) is 12.5. The van der Waals surface area contributed by atoms with Crippen LogP contribution in [0.25, 0.3) is 0 Å². The number of aromatic nitrogens is 1. The minimum Gasteiger partial charge on any atom is -0.410 e. The molecule has 6 rings (SSSR count). The summed E-state index contributed by atoms with van der Waals surface area (Å²) in [5, 5.41) is 10.8. The number of hydrogen-bond acceptors (Lipinski definition) is 4. The van der Waals surface area contributed by atoms with Crippen LogP contribution in [0.4, 0.5) is 4.79 Å². The highest BCUT2D eigenvalue weighted by atomic mass is 16.6. The Morgan fingerprint density at radius 2 is 1.89 bits per heavy atom. The van der Waals surface area contributed by atoms with Crippen LogP contribution in [-0.2, 0) is 6.42 Å². The number of piperidine rings is 1. The first-order chi connectivity index (χ1) is 18.0. The van der Waals surface area contributed by atoms with Gasteiger partial charge in [-0.1, -0.05) is 32.8 Å². The number of carbonyl (C=O) groups is 1. The summed E-state index contributed by atoms with van der Waals surface area (Å²) >= 11 is 0. The average Bonchev–Trinajstić information content (AvgIpc) is 3.23. The van der Waals surface area contributed by atoms with Gasteiger partial charge in [0.15, 0.2) is 0 Å². The summed E-state index contributed by atoms with van der Waals surface area (Å²) in [5.41, 5.74) is 4.25. The van der Waals surface area contributed by atoms with Crippen LogP contribution in [0.3, 0.4) is 0 Å². The lowest BCUT2D eigenvalue weighted by Gasteiger charge is -2.53. The molecule has 1 aromatic carbocycles. The van der Waals surface area contributed by atoms with Crippen LogP contribution in [0, 0.1) is 23.2 Å². The van der Waals surface area contributed by atoms with Crippen molar-refractivity contribution in [1.29, 1.82) is 0 Å². The van der Waals surface area contributed by atoms with E-state index in [-0.39, 0.29) is 17.6 Å². The van der Waals surface area contributed by atoms with Gasteiger partial charge in [0.25, 0.3) is 0 Å². The molecule has 0 bridgehead atoms. The van der Waals surface area contributed by atoms with Gasteiger partial charge < -0.3 is 14.7 Å². The van der Waals surface area contributed by atoms with E-state index in [1.54, 1.807) is 0 Å². The summed E-state index contributed by atoms with van der Waals surface area (Å²) < 4.78 is 5.94. The minimum absolute atomic E-state index is 0.0883. The van der Waals surface area contributed by atoms with E-state index in [9.17, 15) is 9.90 Å². The van der Waals surface area contributed by atoms with Gasteiger partial charge in [0.05, 0.1) is 6.10 Å². The van der Waals surface area contributed by atoms with Gasteiger partial charge in [-0.25, -0.2) is 4.79 Å². The molecule has 2 aromatic rings. The SMILES string of the molecule is CCC[C@@H]1Cc2cc(OC(=O)N3CCC(c4ccncc4)CC3)ccc2[C@H]2CC[C@]3(C)[C@@H](O)CC[C@H]3[C@H]12. The van der Waals surface area contributed by atoms with Gasteiger partial charge >= 0.3 is 6.09 Å². The van der Waals surface area contributed by atoms with Gasteiger partial charge in [-0.2, -0.15) is 0 Å². The molecule has 0 radical (unpaired) electrons. The predicted octanol–water partition coefficient (Wildman–Crippen LogP) is 6.70. The third kappa shape index (κ3) is 4.47. The lowest BCUT2D eigenvalue weighted by molar-refractivity contribution is -0.0394. The van der Waals surface area contributed by atoms with Crippen molar-refractivity contribution in [2.45, 2.75) is 89.6 Å². The molecule has 198 valence electrons. The van der Waals surface area contributed by atoms with Crippen molar-refractivity contribution in [3.05, 3.63) is 59.4 Å². The first-order valence-corrected chi connectivity index (χ1v) is 14.7. The number of rotatable bonds is 4. The van der Waals surface area contributed by atoms with E-state index >= 15 is 0 Å². The average molecular weight is 503 g/mol. The quantitative estimate of drug-likeness (QED) is 0.505. The standard InChI is InChI=1S/C32H42N2O3/c1-3-4-23-19-24-20-25(37-31(36)34-17-12-22(13-18-34)21-10-15-33-16-11-21)5-6-26(24)27-9-14-32(2)28(30(23)27)7-8-29(32)35/h5-6,10-11,15-16,20,22-23,27-30,35H,3-4,7-9,12-14,17-19H2,1-2H3/t23-,27-,28+,29+,30-,32+/m1/s1. The lowest BCUT2D eigenvalue weighted by Crippen LogP contribution is -2.47. The monoisotopic (exact) mass is 502 g/mol. The van der Waals surface area contributed by atoms with E-state index in [0.717, 1.165) is 51.6 Å². The minimum atomic E-state index is -0.222. The summed E-state index contributed by atoms with van der Waals surface area (Å²) in [7, 11) is 0. The molecular weight excluding hydrogens is 460 g/mol. The maximum Gasteiger partial charge on any atom is 0.415 e. The fourth-order valence-electron chi connectivity index (χ4n) is 8.65. The Hall–Kier alpha value is -2.40. The van der Waals surface area contributed by atoms with Crippen molar-refractivity contribution in [3.63, 3.8) is 0 Å². The Bertz CT molecular complexity index is 1110. The molecule has 0 unspecified atom stereocenters. The third-order valence-electron chi connectivity index (χ3n) is 10.6. The zero-order chi connectivity index (χ0) is 25.6. The highest BCUT2D eigenvalue weighted by Gasteiger charge is 2.56. The summed E-state index contributed by atoms with van der Waals surface area (Å²) in [4.78, 5) is 19.0. The second kappa shape index (κ2) is 10.1. The highest BCUT2D eigenvalue weighted by molar-refractivity contribution is 5.71. The molecule has 1 amide bonds. The summed E-state index contributed by atoms with van der Waals surface area (Å²) in [6, 6.07) is 10.6. The molecule has 1 aliphatic heterocycles. The van der Waals surface area contributed by atoms with Gasteiger partial charge in [0.2, 0.25) is 0 Å². The predicted molar refractivity (Wildman–Crippen MR) is 145 cm³/mol. The molecule has 37 heavy (non-hydrogen) atoms. The first kappa shape index (κ1) is 24.9. The van der Waals surface area contributed by atoms with E-state index in [4.69, 9.17) is 4.74 Å². The molecular formula is C32H42N2O3. The maximum atomic E-state index is 13.0. The van der Waals surface area contributed by atoms with E-state index in [1.165, 1.54) is 36.0 Å². The van der Waals surface area contributed by atoms with Gasteiger partial charge in [-0.15, -0.1) is 0 Å². The number of likely N-dealkylation sites (tertiary alicyclic amines) is 1. The number of aliphatic hydroxyl groups excluding tert-OH is 1. The number of aliphatic hydroxyl groups is 1. The van der Waals surface area contributed by atoms with Crippen molar-refractivity contribution in [1.82, 2.24) is 9.88 Å². The van der Waals surface area contributed by atoms with Crippen LogP contribution in [0.1, 0.15) is 93.7 Å².